The van der Waals surface area contributed by atoms with Crippen LogP contribution in [0.15, 0.2) is 18.2 Å². The van der Waals surface area contributed by atoms with Crippen molar-refractivity contribution in [1.29, 1.82) is 0 Å². The van der Waals surface area contributed by atoms with Gasteiger partial charge in [0, 0.05) is 19.1 Å². The number of hydrogen-bond donors (Lipinski definition) is 2. The summed E-state index contributed by atoms with van der Waals surface area (Å²) >= 11 is 0. The summed E-state index contributed by atoms with van der Waals surface area (Å²) in [4.78, 5) is 12.2. The van der Waals surface area contributed by atoms with Gasteiger partial charge in [-0.15, -0.1) is 0 Å². The maximum atomic E-state index is 12.2. The topological polar surface area (TPSA) is 95.9 Å². The summed E-state index contributed by atoms with van der Waals surface area (Å²) in [5, 5.41) is 12.6. The van der Waals surface area contributed by atoms with Crippen molar-refractivity contribution in [3.63, 3.8) is 0 Å². The van der Waals surface area contributed by atoms with Crippen LogP contribution < -0.4 is 10.1 Å². The normalized spacial score (nSPS) is 19.1. The summed E-state index contributed by atoms with van der Waals surface area (Å²) in [6.07, 6.45) is 2.65. The third kappa shape index (κ3) is 3.50. The van der Waals surface area contributed by atoms with Crippen LogP contribution >= 0.6 is 0 Å². The largest absolute Gasteiger partial charge is 0.504 e. The Labute approximate surface area is 129 Å². The molecule has 1 aliphatic rings. The van der Waals surface area contributed by atoms with Crippen molar-refractivity contribution in [2.45, 2.75) is 18.9 Å². The molecule has 2 rings (SSSR count). The zero-order valence-electron chi connectivity index (χ0n) is 12.6. The Morgan fingerprint density at radius 2 is 2.23 bits per heavy atom. The smallest absolute Gasteiger partial charge is 0.255 e. The standard InChI is InChI=1S/C14H20N2O5S/c1-21-12-7-3-6-11(13(12)17)14(18)15-9-10-5-4-8-16(10)22(2,19)20/h3,6-7,10,17H,4-5,8-9H2,1-2H3,(H,15,18)/t10-/m1/s1. The molecule has 0 saturated carbocycles. The molecule has 1 heterocycles. The van der Waals surface area contributed by atoms with Crippen LogP contribution in [0.25, 0.3) is 0 Å². The second kappa shape index (κ2) is 6.53. The number of phenols is 1. The Bertz CT molecular complexity index is 659. The quantitative estimate of drug-likeness (QED) is 0.823. The minimum Gasteiger partial charge on any atom is -0.504 e. The zero-order valence-corrected chi connectivity index (χ0v) is 13.4. The molecular weight excluding hydrogens is 308 g/mol. The zero-order chi connectivity index (χ0) is 16.3. The minimum absolute atomic E-state index is 0.100. The first-order chi connectivity index (χ1) is 10.3. The summed E-state index contributed by atoms with van der Waals surface area (Å²) in [6.45, 7) is 0.687. The number of para-hydroxylation sites is 1. The number of phenolic OH excluding ortho intramolecular Hbond substituents is 1. The SMILES string of the molecule is COc1cccc(C(=O)NC[C@H]2CCCN2S(C)(=O)=O)c1O. The van der Waals surface area contributed by atoms with Crippen molar-refractivity contribution < 1.29 is 23.1 Å². The van der Waals surface area contributed by atoms with Gasteiger partial charge in [0.15, 0.2) is 11.5 Å². The van der Waals surface area contributed by atoms with E-state index in [1.807, 2.05) is 0 Å². The summed E-state index contributed by atoms with van der Waals surface area (Å²) < 4.78 is 29.7. The first-order valence-corrected chi connectivity index (χ1v) is 8.80. The van der Waals surface area contributed by atoms with E-state index in [4.69, 9.17) is 4.74 Å². The average Bonchev–Trinajstić information content (AvgIpc) is 2.93. The number of hydrogen-bond acceptors (Lipinski definition) is 5. The van der Waals surface area contributed by atoms with E-state index < -0.39 is 15.9 Å². The molecule has 0 aliphatic carbocycles. The van der Waals surface area contributed by atoms with Gasteiger partial charge in [-0.3, -0.25) is 4.79 Å². The van der Waals surface area contributed by atoms with E-state index in [-0.39, 0.29) is 29.6 Å². The van der Waals surface area contributed by atoms with E-state index in [1.165, 1.54) is 23.7 Å². The molecule has 1 atom stereocenters. The van der Waals surface area contributed by atoms with Crippen molar-refractivity contribution in [1.82, 2.24) is 9.62 Å². The summed E-state index contributed by atoms with van der Waals surface area (Å²) in [6, 6.07) is 4.39. The number of nitrogens with zero attached hydrogens (tertiary/aromatic N) is 1. The van der Waals surface area contributed by atoms with E-state index in [0.29, 0.717) is 13.0 Å². The van der Waals surface area contributed by atoms with E-state index in [9.17, 15) is 18.3 Å². The minimum atomic E-state index is -3.27. The number of amides is 1. The number of carbonyl (C=O) groups excluding carboxylic acids is 1. The second-order valence-electron chi connectivity index (χ2n) is 5.24. The van der Waals surface area contributed by atoms with Gasteiger partial charge in [0.05, 0.1) is 18.9 Å². The van der Waals surface area contributed by atoms with Crippen molar-refractivity contribution >= 4 is 15.9 Å². The van der Waals surface area contributed by atoms with Gasteiger partial charge >= 0.3 is 0 Å². The highest BCUT2D eigenvalue weighted by molar-refractivity contribution is 7.88. The van der Waals surface area contributed by atoms with Crippen LogP contribution in [0.4, 0.5) is 0 Å². The van der Waals surface area contributed by atoms with Crippen LogP contribution in [0, 0.1) is 0 Å². The van der Waals surface area contributed by atoms with Crippen LogP contribution in [-0.4, -0.2) is 56.2 Å². The number of methoxy groups -OCH3 is 1. The Kier molecular flexibility index (Phi) is 4.92. The fraction of sp³-hybridized carbons (Fsp3) is 0.500. The van der Waals surface area contributed by atoms with Gasteiger partial charge < -0.3 is 15.2 Å². The number of nitrogens with one attached hydrogen (secondary N) is 1. The summed E-state index contributed by atoms with van der Waals surface area (Å²) in [5.74, 6) is -0.475. The lowest BCUT2D eigenvalue weighted by molar-refractivity contribution is 0.0943. The molecule has 1 saturated heterocycles. The van der Waals surface area contributed by atoms with Crippen LogP contribution in [-0.2, 0) is 10.0 Å². The molecule has 7 nitrogen and oxygen atoms in total. The lowest BCUT2D eigenvalue weighted by Crippen LogP contribution is -2.42. The van der Waals surface area contributed by atoms with Crippen molar-refractivity contribution in [2.75, 3.05) is 26.5 Å². The molecule has 0 radical (unpaired) electrons. The Balaban J connectivity index is 2.04. The predicted octanol–water partition coefficient (Wildman–Crippen LogP) is 0.555. The third-order valence-corrected chi connectivity index (χ3v) is 5.04. The van der Waals surface area contributed by atoms with E-state index in [0.717, 1.165) is 6.42 Å². The fourth-order valence-corrected chi connectivity index (χ4v) is 3.81. The van der Waals surface area contributed by atoms with Crippen molar-refractivity contribution in [2.24, 2.45) is 0 Å². The molecule has 8 heteroatoms. The molecular formula is C14H20N2O5S. The molecule has 22 heavy (non-hydrogen) atoms. The number of benzene rings is 1. The third-order valence-electron chi connectivity index (χ3n) is 3.71. The van der Waals surface area contributed by atoms with Gasteiger partial charge in [-0.1, -0.05) is 6.07 Å². The molecule has 1 aliphatic heterocycles. The van der Waals surface area contributed by atoms with Gasteiger partial charge in [0.1, 0.15) is 0 Å². The molecule has 1 amide bonds. The van der Waals surface area contributed by atoms with E-state index in [2.05, 4.69) is 5.32 Å². The average molecular weight is 328 g/mol. The highest BCUT2D eigenvalue weighted by atomic mass is 32.2. The molecule has 1 aromatic rings. The first-order valence-electron chi connectivity index (χ1n) is 6.95. The van der Waals surface area contributed by atoms with E-state index >= 15 is 0 Å². The second-order valence-corrected chi connectivity index (χ2v) is 7.17. The Morgan fingerprint density at radius 3 is 2.86 bits per heavy atom. The molecule has 1 aromatic carbocycles. The highest BCUT2D eigenvalue weighted by Crippen LogP contribution is 2.29. The number of carbonyl (C=O) groups is 1. The van der Waals surface area contributed by atoms with Gasteiger partial charge in [0.25, 0.3) is 5.91 Å². The molecule has 122 valence electrons. The van der Waals surface area contributed by atoms with Crippen LogP contribution in [0.5, 0.6) is 11.5 Å². The number of aromatic hydroxyl groups is 1. The van der Waals surface area contributed by atoms with E-state index in [1.54, 1.807) is 12.1 Å². The summed E-state index contributed by atoms with van der Waals surface area (Å²) in [5.41, 5.74) is 0.100. The maximum absolute atomic E-state index is 12.2. The number of sulfonamides is 1. The molecule has 0 unspecified atom stereocenters. The molecule has 0 spiro atoms. The van der Waals surface area contributed by atoms with Crippen LogP contribution in [0.3, 0.4) is 0 Å². The maximum Gasteiger partial charge on any atom is 0.255 e. The predicted molar refractivity (Wildman–Crippen MR) is 81.6 cm³/mol. The van der Waals surface area contributed by atoms with Gasteiger partial charge in [-0.25, -0.2) is 8.42 Å². The van der Waals surface area contributed by atoms with Crippen LogP contribution in [0.2, 0.25) is 0 Å². The first kappa shape index (κ1) is 16.6. The Hall–Kier alpha value is -1.80. The van der Waals surface area contributed by atoms with Gasteiger partial charge in [0.2, 0.25) is 10.0 Å². The molecule has 0 bridgehead atoms. The lowest BCUT2D eigenvalue weighted by Gasteiger charge is -2.22. The summed E-state index contributed by atoms with van der Waals surface area (Å²) in [7, 11) is -1.87. The highest BCUT2D eigenvalue weighted by Gasteiger charge is 2.31. The molecule has 1 fully saturated rings. The molecule has 0 aromatic heterocycles. The fourth-order valence-electron chi connectivity index (χ4n) is 2.63. The van der Waals surface area contributed by atoms with Crippen molar-refractivity contribution in [3.05, 3.63) is 23.8 Å². The number of ether oxygens (including phenoxy) is 1. The Morgan fingerprint density at radius 1 is 1.50 bits per heavy atom. The van der Waals surface area contributed by atoms with Gasteiger partial charge in [-0.2, -0.15) is 4.31 Å². The van der Waals surface area contributed by atoms with Crippen LogP contribution in [0.1, 0.15) is 23.2 Å². The number of rotatable bonds is 5. The van der Waals surface area contributed by atoms with Gasteiger partial charge in [-0.05, 0) is 25.0 Å². The van der Waals surface area contributed by atoms with Crippen molar-refractivity contribution in [3.8, 4) is 11.5 Å². The molecule has 2 N–H and O–H groups in total. The lowest BCUT2D eigenvalue weighted by atomic mass is 10.1. The monoisotopic (exact) mass is 328 g/mol.